The lowest BCUT2D eigenvalue weighted by Gasteiger charge is -2.16. The Morgan fingerprint density at radius 3 is 2.44 bits per heavy atom. The van der Waals surface area contributed by atoms with Crippen LogP contribution < -0.4 is 16.8 Å². The molecule has 8 heteroatoms. The summed E-state index contributed by atoms with van der Waals surface area (Å²) in [6, 6.07) is -2.13. The predicted molar refractivity (Wildman–Crippen MR) is 62.5 cm³/mol. The number of carbonyl (C=O) groups excluding carboxylic acids is 2. The zero-order chi connectivity index (χ0) is 14.1. The Morgan fingerprint density at radius 2 is 2.00 bits per heavy atom. The van der Waals surface area contributed by atoms with Crippen molar-refractivity contribution in [2.75, 3.05) is 13.2 Å². The van der Waals surface area contributed by atoms with Crippen molar-refractivity contribution in [3.05, 3.63) is 0 Å². The highest BCUT2D eigenvalue weighted by Gasteiger charge is 2.23. The molecule has 8 nitrogen and oxygen atoms in total. The van der Waals surface area contributed by atoms with Gasteiger partial charge in [0, 0.05) is 6.42 Å². The van der Waals surface area contributed by atoms with Crippen LogP contribution in [0.1, 0.15) is 19.8 Å². The van der Waals surface area contributed by atoms with E-state index in [1.165, 1.54) is 6.92 Å². The summed E-state index contributed by atoms with van der Waals surface area (Å²) in [6.07, 6.45) is 0.576. The van der Waals surface area contributed by atoms with Gasteiger partial charge in [0.2, 0.25) is 5.91 Å². The largest absolute Gasteiger partial charge is 0.480 e. The van der Waals surface area contributed by atoms with Gasteiger partial charge in [-0.05, 0) is 19.9 Å². The summed E-state index contributed by atoms with van der Waals surface area (Å²) >= 11 is 0. The van der Waals surface area contributed by atoms with Crippen LogP contribution in [0.25, 0.3) is 0 Å². The van der Waals surface area contributed by atoms with Crippen molar-refractivity contribution in [3.63, 3.8) is 0 Å². The molecule has 0 saturated heterocycles. The molecule has 0 aromatic heterocycles. The van der Waals surface area contributed by atoms with E-state index in [4.69, 9.17) is 21.3 Å². The lowest BCUT2D eigenvalue weighted by molar-refractivity contribution is -0.150. The monoisotopic (exact) mass is 261 g/mol. The molecule has 6 N–H and O–H groups in total. The van der Waals surface area contributed by atoms with Crippen LogP contribution in [0.5, 0.6) is 0 Å². The molecule has 0 heterocycles. The molecule has 0 aliphatic rings. The molecule has 0 radical (unpaired) electrons. The smallest absolute Gasteiger partial charge is 0.329 e. The van der Waals surface area contributed by atoms with Crippen molar-refractivity contribution in [2.24, 2.45) is 11.5 Å². The number of nitrogens with one attached hydrogen (secondary N) is 1. The predicted octanol–water partition coefficient (Wildman–Crippen LogP) is -1.81. The minimum atomic E-state index is -1.30. The second-order valence-electron chi connectivity index (χ2n) is 3.76. The number of hydrogen-bond acceptors (Lipinski definition) is 6. The third-order valence-corrected chi connectivity index (χ3v) is 2.02. The van der Waals surface area contributed by atoms with Gasteiger partial charge in [-0.25, -0.2) is 4.79 Å². The first-order chi connectivity index (χ1) is 8.38. The molecule has 0 aliphatic heterocycles. The number of ether oxygens (including phenoxy) is 1. The molecule has 0 rings (SSSR count). The molecule has 0 saturated carbocycles. The molecular formula is C10H19N3O5. The Kier molecular flexibility index (Phi) is 7.64. The van der Waals surface area contributed by atoms with E-state index in [1.54, 1.807) is 0 Å². The molecule has 1 amide bonds. The number of carboxylic acids is 1. The molecule has 0 fully saturated rings. The third kappa shape index (κ3) is 6.81. The van der Waals surface area contributed by atoms with Crippen molar-refractivity contribution in [1.29, 1.82) is 0 Å². The topological polar surface area (TPSA) is 145 Å². The Bertz CT molecular complexity index is 306. The van der Waals surface area contributed by atoms with Crippen LogP contribution >= 0.6 is 0 Å². The van der Waals surface area contributed by atoms with Gasteiger partial charge in [-0.15, -0.1) is 0 Å². The summed E-state index contributed by atoms with van der Waals surface area (Å²) < 4.78 is 4.72. The van der Waals surface area contributed by atoms with Crippen molar-refractivity contribution in [1.82, 2.24) is 5.32 Å². The minimum Gasteiger partial charge on any atom is -0.480 e. The SMILES string of the molecule is C[C@@H](N)C(=O)N[C@@H](COC(=O)CCCN)C(=O)O. The highest BCUT2D eigenvalue weighted by Crippen LogP contribution is 1.94. The average Bonchev–Trinajstić information content (AvgIpc) is 2.30. The van der Waals surface area contributed by atoms with Crippen molar-refractivity contribution < 1.29 is 24.2 Å². The second-order valence-corrected chi connectivity index (χ2v) is 3.76. The van der Waals surface area contributed by atoms with E-state index in [0.717, 1.165) is 0 Å². The zero-order valence-corrected chi connectivity index (χ0v) is 10.2. The van der Waals surface area contributed by atoms with Crippen LogP contribution in [0.4, 0.5) is 0 Å². The van der Waals surface area contributed by atoms with Crippen LogP contribution in [0.2, 0.25) is 0 Å². The van der Waals surface area contributed by atoms with Crippen LogP contribution in [0, 0.1) is 0 Å². The van der Waals surface area contributed by atoms with Gasteiger partial charge in [0.15, 0.2) is 6.04 Å². The van der Waals surface area contributed by atoms with E-state index < -0.39 is 36.5 Å². The maximum absolute atomic E-state index is 11.2. The zero-order valence-electron chi connectivity index (χ0n) is 10.2. The van der Waals surface area contributed by atoms with E-state index in [0.29, 0.717) is 13.0 Å². The Labute approximate surface area is 105 Å². The van der Waals surface area contributed by atoms with Gasteiger partial charge in [-0.2, -0.15) is 0 Å². The summed E-state index contributed by atoms with van der Waals surface area (Å²) in [5.74, 6) is -2.47. The maximum Gasteiger partial charge on any atom is 0.329 e. The van der Waals surface area contributed by atoms with Crippen molar-refractivity contribution in [3.8, 4) is 0 Å². The number of nitrogens with two attached hydrogens (primary N) is 2. The highest BCUT2D eigenvalue weighted by molar-refractivity contribution is 5.86. The van der Waals surface area contributed by atoms with Crippen LogP contribution in [-0.4, -0.2) is 48.2 Å². The number of carboxylic acid groups (broad SMARTS) is 1. The van der Waals surface area contributed by atoms with Crippen LogP contribution in [0.15, 0.2) is 0 Å². The van der Waals surface area contributed by atoms with Crippen molar-refractivity contribution >= 4 is 17.8 Å². The van der Waals surface area contributed by atoms with E-state index in [9.17, 15) is 14.4 Å². The van der Waals surface area contributed by atoms with Gasteiger partial charge in [0.25, 0.3) is 0 Å². The summed E-state index contributed by atoms with van der Waals surface area (Å²) in [5.41, 5.74) is 10.5. The van der Waals surface area contributed by atoms with E-state index in [-0.39, 0.29) is 6.42 Å². The summed E-state index contributed by atoms with van der Waals surface area (Å²) in [6.45, 7) is 1.33. The molecule has 0 bridgehead atoms. The normalized spacial score (nSPS) is 13.5. The molecule has 0 spiro atoms. The van der Waals surface area contributed by atoms with Crippen LogP contribution in [-0.2, 0) is 19.1 Å². The average molecular weight is 261 g/mol. The standard InChI is InChI=1S/C10H19N3O5/c1-6(12)9(15)13-7(10(16)17)5-18-8(14)3-2-4-11/h6-7H,2-5,11-12H2,1H3,(H,13,15)(H,16,17)/t6-,7+/m1/s1. The first kappa shape index (κ1) is 16.3. The number of esters is 1. The second kappa shape index (κ2) is 8.43. The summed E-state index contributed by atoms with van der Waals surface area (Å²) in [5, 5.41) is 11.0. The molecule has 0 aliphatic carbocycles. The molecule has 104 valence electrons. The highest BCUT2D eigenvalue weighted by atomic mass is 16.5. The van der Waals surface area contributed by atoms with Gasteiger partial charge in [0.05, 0.1) is 6.04 Å². The Hall–Kier alpha value is -1.67. The number of amides is 1. The number of aliphatic carboxylic acids is 1. The van der Waals surface area contributed by atoms with E-state index in [2.05, 4.69) is 5.32 Å². The third-order valence-electron chi connectivity index (χ3n) is 2.02. The fourth-order valence-electron chi connectivity index (χ4n) is 0.973. The quantitative estimate of drug-likeness (QED) is 0.376. The van der Waals surface area contributed by atoms with E-state index >= 15 is 0 Å². The minimum absolute atomic E-state index is 0.115. The molecule has 2 atom stereocenters. The summed E-state index contributed by atoms with van der Waals surface area (Å²) in [4.78, 5) is 33.2. The number of hydrogen-bond donors (Lipinski definition) is 4. The van der Waals surface area contributed by atoms with Crippen molar-refractivity contribution in [2.45, 2.75) is 31.8 Å². The first-order valence-corrected chi connectivity index (χ1v) is 5.53. The van der Waals surface area contributed by atoms with Gasteiger partial charge in [-0.1, -0.05) is 0 Å². The molecule has 0 aromatic rings. The summed E-state index contributed by atoms with van der Waals surface area (Å²) in [7, 11) is 0. The van der Waals surface area contributed by atoms with Gasteiger partial charge >= 0.3 is 11.9 Å². The van der Waals surface area contributed by atoms with Gasteiger partial charge in [0.1, 0.15) is 6.61 Å². The maximum atomic E-state index is 11.2. The first-order valence-electron chi connectivity index (χ1n) is 5.53. The fourth-order valence-corrected chi connectivity index (χ4v) is 0.973. The molecule has 18 heavy (non-hydrogen) atoms. The van der Waals surface area contributed by atoms with Gasteiger partial charge < -0.3 is 26.6 Å². The lowest BCUT2D eigenvalue weighted by atomic mass is 10.2. The Morgan fingerprint density at radius 1 is 1.39 bits per heavy atom. The number of rotatable bonds is 8. The molecule has 0 unspecified atom stereocenters. The van der Waals surface area contributed by atoms with E-state index in [1.807, 2.05) is 0 Å². The molecule has 0 aromatic carbocycles. The lowest BCUT2D eigenvalue weighted by Crippen LogP contribution is -2.49. The Balaban J connectivity index is 4.17. The van der Waals surface area contributed by atoms with Crippen LogP contribution in [0.3, 0.4) is 0 Å². The fraction of sp³-hybridized carbons (Fsp3) is 0.700. The number of carbonyl (C=O) groups is 3. The van der Waals surface area contributed by atoms with Gasteiger partial charge in [-0.3, -0.25) is 9.59 Å². The molecular weight excluding hydrogens is 242 g/mol.